The van der Waals surface area contributed by atoms with Crippen LogP contribution in [0, 0.1) is 0 Å². The van der Waals surface area contributed by atoms with Gasteiger partial charge in [0.2, 0.25) is 0 Å². The summed E-state index contributed by atoms with van der Waals surface area (Å²) < 4.78 is 5.02. The van der Waals surface area contributed by atoms with Gasteiger partial charge in [-0.2, -0.15) is 0 Å². The van der Waals surface area contributed by atoms with Gasteiger partial charge in [0.15, 0.2) is 11.5 Å². The molecule has 0 saturated heterocycles. The third kappa shape index (κ3) is 3.48. The number of hydrogen-bond acceptors (Lipinski definition) is 3. The summed E-state index contributed by atoms with van der Waals surface area (Å²) in [6.07, 6.45) is 0. The largest absolute Gasteiger partial charge is 0.504 e. The number of rotatable bonds is 5. The lowest BCUT2D eigenvalue weighted by Crippen LogP contribution is -2.17. The number of benzene rings is 2. The van der Waals surface area contributed by atoms with Gasteiger partial charge in [0.05, 0.1) is 7.11 Å². The number of phenolic OH excluding ortho intramolecular Hbond substituents is 1. The Hall–Kier alpha value is -2.00. The van der Waals surface area contributed by atoms with E-state index in [1.165, 1.54) is 5.56 Å². The standard InChI is InChI=1S/C16H19NO2/c1-12(14-6-4-3-5-7-14)17-11-13-8-9-16(19-2)15(18)10-13/h3-10,12,17-18H,11H2,1-2H3/t12-/m1/s1. The number of methoxy groups -OCH3 is 1. The van der Waals surface area contributed by atoms with E-state index in [1.54, 1.807) is 19.2 Å². The smallest absolute Gasteiger partial charge is 0.160 e. The van der Waals surface area contributed by atoms with Crippen molar-refractivity contribution in [3.8, 4) is 11.5 Å². The first-order chi connectivity index (χ1) is 9.20. The Kier molecular flexibility index (Phi) is 4.42. The second-order valence-electron chi connectivity index (χ2n) is 4.52. The topological polar surface area (TPSA) is 41.5 Å². The minimum absolute atomic E-state index is 0.175. The molecule has 2 aromatic carbocycles. The van der Waals surface area contributed by atoms with Crippen molar-refractivity contribution < 1.29 is 9.84 Å². The van der Waals surface area contributed by atoms with Gasteiger partial charge in [-0.3, -0.25) is 0 Å². The van der Waals surface area contributed by atoms with Gasteiger partial charge in [0, 0.05) is 12.6 Å². The Morgan fingerprint density at radius 2 is 1.89 bits per heavy atom. The summed E-state index contributed by atoms with van der Waals surface area (Å²) in [5, 5.41) is 13.1. The molecule has 2 rings (SSSR count). The van der Waals surface area contributed by atoms with Gasteiger partial charge in [-0.15, -0.1) is 0 Å². The Balaban J connectivity index is 1.97. The van der Waals surface area contributed by atoms with Crippen LogP contribution in [0.4, 0.5) is 0 Å². The molecule has 3 heteroatoms. The molecule has 0 aliphatic heterocycles. The van der Waals surface area contributed by atoms with E-state index in [1.807, 2.05) is 24.3 Å². The van der Waals surface area contributed by atoms with Crippen molar-refractivity contribution in [3.63, 3.8) is 0 Å². The fourth-order valence-electron chi connectivity index (χ4n) is 1.98. The zero-order valence-corrected chi connectivity index (χ0v) is 11.3. The normalized spacial score (nSPS) is 12.1. The van der Waals surface area contributed by atoms with E-state index in [-0.39, 0.29) is 11.8 Å². The lowest BCUT2D eigenvalue weighted by atomic mass is 10.1. The van der Waals surface area contributed by atoms with Crippen LogP contribution in [-0.4, -0.2) is 12.2 Å². The van der Waals surface area contributed by atoms with E-state index in [0.29, 0.717) is 12.3 Å². The summed E-state index contributed by atoms with van der Waals surface area (Å²) in [6, 6.07) is 16.0. The van der Waals surface area contributed by atoms with Crippen LogP contribution in [0.25, 0.3) is 0 Å². The average Bonchev–Trinajstić information content (AvgIpc) is 2.46. The van der Waals surface area contributed by atoms with Crippen molar-refractivity contribution in [2.75, 3.05) is 7.11 Å². The van der Waals surface area contributed by atoms with Gasteiger partial charge >= 0.3 is 0 Å². The summed E-state index contributed by atoms with van der Waals surface area (Å²) in [7, 11) is 1.55. The molecule has 0 aromatic heterocycles. The zero-order valence-electron chi connectivity index (χ0n) is 11.3. The van der Waals surface area contributed by atoms with Crippen LogP contribution in [0.2, 0.25) is 0 Å². The lowest BCUT2D eigenvalue weighted by molar-refractivity contribution is 0.373. The van der Waals surface area contributed by atoms with Crippen LogP contribution in [0.5, 0.6) is 11.5 Å². The number of hydrogen-bond donors (Lipinski definition) is 2. The molecule has 0 aliphatic carbocycles. The van der Waals surface area contributed by atoms with E-state index in [4.69, 9.17) is 4.74 Å². The molecule has 2 aromatic rings. The Labute approximate surface area is 113 Å². The van der Waals surface area contributed by atoms with Crippen molar-refractivity contribution in [2.45, 2.75) is 19.5 Å². The molecular weight excluding hydrogens is 238 g/mol. The van der Waals surface area contributed by atoms with Crippen LogP contribution in [-0.2, 0) is 6.54 Å². The molecule has 0 saturated carbocycles. The van der Waals surface area contributed by atoms with E-state index in [0.717, 1.165) is 5.56 Å². The summed E-state index contributed by atoms with van der Waals surface area (Å²) >= 11 is 0. The molecule has 0 aliphatic rings. The lowest BCUT2D eigenvalue weighted by Gasteiger charge is -2.14. The van der Waals surface area contributed by atoms with Gasteiger partial charge in [-0.05, 0) is 30.2 Å². The fraction of sp³-hybridized carbons (Fsp3) is 0.250. The monoisotopic (exact) mass is 257 g/mol. The molecule has 19 heavy (non-hydrogen) atoms. The van der Waals surface area contributed by atoms with E-state index < -0.39 is 0 Å². The highest BCUT2D eigenvalue weighted by Gasteiger charge is 2.06. The molecule has 1 atom stereocenters. The summed E-state index contributed by atoms with van der Waals surface area (Å²) in [4.78, 5) is 0. The van der Waals surface area contributed by atoms with Crippen molar-refractivity contribution >= 4 is 0 Å². The maximum Gasteiger partial charge on any atom is 0.160 e. The molecule has 0 spiro atoms. The molecule has 0 radical (unpaired) electrons. The molecule has 2 N–H and O–H groups in total. The van der Waals surface area contributed by atoms with Gasteiger partial charge in [-0.25, -0.2) is 0 Å². The zero-order chi connectivity index (χ0) is 13.7. The summed E-state index contributed by atoms with van der Waals surface area (Å²) in [5.41, 5.74) is 2.28. The second-order valence-corrected chi connectivity index (χ2v) is 4.52. The predicted octanol–water partition coefficient (Wildman–Crippen LogP) is 3.25. The first-order valence-corrected chi connectivity index (χ1v) is 6.35. The Bertz CT molecular complexity index is 526. The Morgan fingerprint density at radius 3 is 2.53 bits per heavy atom. The highest BCUT2D eigenvalue weighted by Crippen LogP contribution is 2.26. The SMILES string of the molecule is COc1ccc(CN[C@H](C)c2ccccc2)cc1O. The highest BCUT2D eigenvalue weighted by atomic mass is 16.5. The van der Waals surface area contributed by atoms with Crippen LogP contribution in [0.15, 0.2) is 48.5 Å². The van der Waals surface area contributed by atoms with Gasteiger partial charge < -0.3 is 15.2 Å². The van der Waals surface area contributed by atoms with E-state index in [2.05, 4.69) is 24.4 Å². The molecular formula is C16H19NO2. The van der Waals surface area contributed by atoms with E-state index in [9.17, 15) is 5.11 Å². The number of aromatic hydroxyl groups is 1. The molecule has 0 amide bonds. The van der Waals surface area contributed by atoms with Crippen LogP contribution in [0.3, 0.4) is 0 Å². The van der Waals surface area contributed by atoms with Gasteiger partial charge in [0.1, 0.15) is 0 Å². The predicted molar refractivity (Wildman–Crippen MR) is 76.4 cm³/mol. The maximum atomic E-state index is 9.72. The average molecular weight is 257 g/mol. The minimum Gasteiger partial charge on any atom is -0.504 e. The molecule has 100 valence electrons. The molecule has 0 fully saturated rings. The number of nitrogens with one attached hydrogen (secondary N) is 1. The summed E-state index contributed by atoms with van der Waals surface area (Å²) in [6.45, 7) is 2.83. The van der Waals surface area contributed by atoms with Crippen molar-refractivity contribution in [2.24, 2.45) is 0 Å². The first-order valence-electron chi connectivity index (χ1n) is 6.35. The molecule has 0 unspecified atom stereocenters. The third-order valence-electron chi connectivity index (χ3n) is 3.16. The number of ether oxygens (including phenoxy) is 1. The fourth-order valence-corrected chi connectivity index (χ4v) is 1.98. The minimum atomic E-state index is 0.175. The second kappa shape index (κ2) is 6.25. The van der Waals surface area contributed by atoms with E-state index >= 15 is 0 Å². The molecule has 0 bridgehead atoms. The number of phenols is 1. The van der Waals surface area contributed by atoms with Crippen LogP contribution in [0.1, 0.15) is 24.1 Å². The van der Waals surface area contributed by atoms with Crippen LogP contribution >= 0.6 is 0 Å². The van der Waals surface area contributed by atoms with Crippen LogP contribution < -0.4 is 10.1 Å². The van der Waals surface area contributed by atoms with Gasteiger partial charge in [-0.1, -0.05) is 36.4 Å². The first kappa shape index (κ1) is 13.4. The molecule has 3 nitrogen and oxygen atoms in total. The van der Waals surface area contributed by atoms with Crippen molar-refractivity contribution in [1.82, 2.24) is 5.32 Å². The quantitative estimate of drug-likeness (QED) is 0.864. The van der Waals surface area contributed by atoms with Crippen molar-refractivity contribution in [3.05, 3.63) is 59.7 Å². The molecule has 0 heterocycles. The Morgan fingerprint density at radius 1 is 1.16 bits per heavy atom. The maximum absolute atomic E-state index is 9.72. The summed E-state index contributed by atoms with van der Waals surface area (Å²) in [5.74, 6) is 0.675. The van der Waals surface area contributed by atoms with Gasteiger partial charge in [0.25, 0.3) is 0 Å². The van der Waals surface area contributed by atoms with Crippen molar-refractivity contribution in [1.29, 1.82) is 0 Å². The third-order valence-corrected chi connectivity index (χ3v) is 3.16. The highest BCUT2D eigenvalue weighted by molar-refractivity contribution is 5.41.